The Hall–Kier alpha value is -1.29. The highest BCUT2D eigenvalue weighted by molar-refractivity contribution is 6.29. The van der Waals surface area contributed by atoms with Gasteiger partial charge in [-0.15, -0.1) is 0 Å². The summed E-state index contributed by atoms with van der Waals surface area (Å²) in [7, 11) is 0. The molecule has 3 N–H and O–H groups in total. The molecule has 0 aliphatic heterocycles. The highest BCUT2D eigenvalue weighted by Gasteiger charge is 2.34. The van der Waals surface area contributed by atoms with Crippen molar-refractivity contribution in [2.75, 3.05) is 5.73 Å². The Balaban J connectivity index is 2.11. The van der Waals surface area contributed by atoms with Gasteiger partial charge in [-0.1, -0.05) is 18.5 Å². The molecule has 0 saturated heterocycles. The van der Waals surface area contributed by atoms with E-state index in [0.29, 0.717) is 17.5 Å². The molecule has 5 heteroatoms. The maximum atomic E-state index is 11.7. The minimum Gasteiger partial charge on any atom is -0.384 e. The van der Waals surface area contributed by atoms with E-state index in [1.54, 1.807) is 0 Å². The zero-order valence-corrected chi connectivity index (χ0v) is 9.08. The van der Waals surface area contributed by atoms with E-state index < -0.39 is 0 Å². The summed E-state index contributed by atoms with van der Waals surface area (Å²) in [6.07, 6.45) is 1.04. The lowest BCUT2D eigenvalue weighted by Crippen LogP contribution is -2.26. The van der Waals surface area contributed by atoms with Gasteiger partial charge in [0.15, 0.2) is 0 Å². The monoisotopic (exact) mass is 225 g/mol. The second-order valence-corrected chi connectivity index (χ2v) is 4.28. The van der Waals surface area contributed by atoms with Crippen molar-refractivity contribution >= 4 is 23.3 Å². The number of halogens is 1. The topological polar surface area (TPSA) is 68.0 Å². The van der Waals surface area contributed by atoms with Crippen molar-refractivity contribution in [3.05, 3.63) is 22.8 Å². The molecule has 2 unspecified atom stereocenters. The van der Waals surface area contributed by atoms with Gasteiger partial charge in [0.05, 0.1) is 0 Å². The summed E-state index contributed by atoms with van der Waals surface area (Å²) in [5.41, 5.74) is 5.96. The largest absolute Gasteiger partial charge is 0.384 e. The van der Waals surface area contributed by atoms with Crippen LogP contribution in [0.5, 0.6) is 0 Å². The van der Waals surface area contributed by atoms with Crippen LogP contribution in [0.25, 0.3) is 0 Å². The molecule has 1 aliphatic rings. The highest BCUT2D eigenvalue weighted by Crippen LogP contribution is 2.29. The van der Waals surface area contributed by atoms with E-state index in [2.05, 4.69) is 17.2 Å². The van der Waals surface area contributed by atoms with Gasteiger partial charge in [-0.05, 0) is 24.5 Å². The third kappa shape index (κ3) is 2.39. The summed E-state index contributed by atoms with van der Waals surface area (Å²) in [6, 6.07) is 3.33. The predicted octanol–water partition coefficient (Wildman–Crippen LogP) is 1.46. The first-order valence-electron chi connectivity index (χ1n) is 4.80. The molecule has 0 bridgehead atoms. The Morgan fingerprint density at radius 1 is 1.67 bits per heavy atom. The van der Waals surface area contributed by atoms with Gasteiger partial charge in [-0.25, -0.2) is 4.98 Å². The van der Waals surface area contributed by atoms with Gasteiger partial charge in [-0.3, -0.25) is 4.79 Å². The number of nitrogens with two attached hydrogens (primary N) is 1. The van der Waals surface area contributed by atoms with E-state index in [4.69, 9.17) is 17.3 Å². The Kier molecular flexibility index (Phi) is 2.52. The number of nitrogen functional groups attached to an aromatic ring is 1. The number of aromatic nitrogens is 1. The number of nitrogens with zero attached hydrogens (tertiary/aromatic N) is 1. The highest BCUT2D eigenvalue weighted by atomic mass is 35.5. The smallest absolute Gasteiger partial charge is 0.251 e. The molecule has 1 aromatic rings. The summed E-state index contributed by atoms with van der Waals surface area (Å²) in [4.78, 5) is 15.5. The first-order valence-corrected chi connectivity index (χ1v) is 5.18. The van der Waals surface area contributed by atoms with Crippen LogP contribution in [-0.2, 0) is 0 Å². The standard InChI is InChI=1S/C10H12ClN3O/c1-5-2-7(5)13-10(15)6-3-8(11)14-9(12)4-6/h3-5,7H,2H2,1H3,(H2,12,14)(H,13,15). The van der Waals surface area contributed by atoms with E-state index in [-0.39, 0.29) is 16.9 Å². The summed E-state index contributed by atoms with van der Waals surface area (Å²) in [6.45, 7) is 2.10. The number of carbonyl (C=O) groups is 1. The predicted molar refractivity (Wildman–Crippen MR) is 58.7 cm³/mol. The van der Waals surface area contributed by atoms with E-state index >= 15 is 0 Å². The molecule has 0 spiro atoms. The molecular weight excluding hydrogens is 214 g/mol. The van der Waals surface area contributed by atoms with Gasteiger partial charge in [0, 0.05) is 11.6 Å². The summed E-state index contributed by atoms with van der Waals surface area (Å²) >= 11 is 5.70. The van der Waals surface area contributed by atoms with E-state index in [1.807, 2.05) is 0 Å². The van der Waals surface area contributed by atoms with Gasteiger partial charge in [-0.2, -0.15) is 0 Å². The van der Waals surface area contributed by atoms with E-state index in [0.717, 1.165) is 6.42 Å². The van der Waals surface area contributed by atoms with Crippen LogP contribution in [0.4, 0.5) is 5.82 Å². The van der Waals surface area contributed by atoms with Crippen LogP contribution in [0, 0.1) is 5.92 Å². The van der Waals surface area contributed by atoms with Gasteiger partial charge in [0.1, 0.15) is 11.0 Å². The van der Waals surface area contributed by atoms with Gasteiger partial charge < -0.3 is 11.1 Å². The van der Waals surface area contributed by atoms with Crippen LogP contribution in [0.15, 0.2) is 12.1 Å². The zero-order chi connectivity index (χ0) is 11.0. The minimum absolute atomic E-state index is 0.139. The molecule has 2 rings (SSSR count). The Morgan fingerprint density at radius 2 is 2.33 bits per heavy atom. The van der Waals surface area contributed by atoms with Crippen molar-refractivity contribution in [2.45, 2.75) is 19.4 Å². The Bertz CT molecular complexity index is 387. The molecule has 15 heavy (non-hydrogen) atoms. The fourth-order valence-electron chi connectivity index (χ4n) is 1.42. The summed E-state index contributed by atoms with van der Waals surface area (Å²) in [5.74, 6) is 0.695. The van der Waals surface area contributed by atoms with Crippen LogP contribution in [0.3, 0.4) is 0 Å². The second-order valence-electron chi connectivity index (χ2n) is 3.90. The zero-order valence-electron chi connectivity index (χ0n) is 8.33. The van der Waals surface area contributed by atoms with Crippen molar-refractivity contribution < 1.29 is 4.79 Å². The maximum Gasteiger partial charge on any atom is 0.251 e. The van der Waals surface area contributed by atoms with Crippen molar-refractivity contribution in [3.8, 4) is 0 Å². The molecule has 0 aromatic carbocycles. The van der Waals surface area contributed by atoms with Crippen LogP contribution < -0.4 is 11.1 Å². The van der Waals surface area contributed by atoms with E-state index in [9.17, 15) is 4.79 Å². The van der Waals surface area contributed by atoms with Gasteiger partial charge >= 0.3 is 0 Å². The molecular formula is C10H12ClN3O. The molecule has 1 saturated carbocycles. The maximum absolute atomic E-state index is 11.7. The number of rotatable bonds is 2. The molecule has 1 fully saturated rings. The van der Waals surface area contributed by atoms with Crippen molar-refractivity contribution in [3.63, 3.8) is 0 Å². The molecule has 1 aromatic heterocycles. The van der Waals surface area contributed by atoms with Crippen molar-refractivity contribution in [2.24, 2.45) is 5.92 Å². The van der Waals surface area contributed by atoms with Crippen molar-refractivity contribution in [1.29, 1.82) is 0 Å². The number of nitrogens with one attached hydrogen (secondary N) is 1. The Labute approximate surface area is 92.8 Å². The fraction of sp³-hybridized carbons (Fsp3) is 0.400. The molecule has 1 amide bonds. The lowest BCUT2D eigenvalue weighted by atomic mass is 10.2. The number of hydrogen-bond donors (Lipinski definition) is 2. The molecule has 80 valence electrons. The number of hydrogen-bond acceptors (Lipinski definition) is 3. The minimum atomic E-state index is -0.139. The summed E-state index contributed by atoms with van der Waals surface area (Å²) < 4.78 is 0. The van der Waals surface area contributed by atoms with Crippen LogP contribution in [-0.4, -0.2) is 16.9 Å². The fourth-order valence-corrected chi connectivity index (χ4v) is 1.64. The second kappa shape index (κ2) is 3.70. The average molecular weight is 226 g/mol. The number of anilines is 1. The molecule has 4 nitrogen and oxygen atoms in total. The molecule has 0 radical (unpaired) electrons. The molecule has 2 atom stereocenters. The third-order valence-electron chi connectivity index (χ3n) is 2.50. The molecule has 1 heterocycles. The third-order valence-corrected chi connectivity index (χ3v) is 2.70. The van der Waals surface area contributed by atoms with Gasteiger partial charge in [0.2, 0.25) is 0 Å². The number of pyridine rings is 1. The lowest BCUT2D eigenvalue weighted by molar-refractivity contribution is 0.0949. The lowest BCUT2D eigenvalue weighted by Gasteiger charge is -2.04. The first-order chi connectivity index (χ1) is 7.06. The summed E-state index contributed by atoms with van der Waals surface area (Å²) in [5, 5.41) is 3.13. The normalized spacial score (nSPS) is 23.6. The van der Waals surface area contributed by atoms with Gasteiger partial charge in [0.25, 0.3) is 5.91 Å². The quantitative estimate of drug-likeness (QED) is 0.749. The van der Waals surface area contributed by atoms with E-state index in [1.165, 1.54) is 12.1 Å². The first kappa shape index (κ1) is 10.2. The molecule has 1 aliphatic carbocycles. The average Bonchev–Trinajstić information content (AvgIpc) is 2.79. The Morgan fingerprint density at radius 3 is 2.87 bits per heavy atom. The van der Waals surface area contributed by atoms with Crippen LogP contribution in [0.1, 0.15) is 23.7 Å². The number of carbonyl (C=O) groups excluding carboxylic acids is 1. The SMILES string of the molecule is CC1CC1NC(=O)c1cc(N)nc(Cl)c1. The number of amides is 1. The van der Waals surface area contributed by atoms with Crippen molar-refractivity contribution in [1.82, 2.24) is 10.3 Å². The van der Waals surface area contributed by atoms with Crippen LogP contribution in [0.2, 0.25) is 5.15 Å². The van der Waals surface area contributed by atoms with Crippen LogP contribution >= 0.6 is 11.6 Å².